The van der Waals surface area contributed by atoms with Crippen LogP contribution in [-0.4, -0.2) is 8.75 Å². The molecule has 0 aliphatic heterocycles. The van der Waals surface area contributed by atoms with E-state index in [0.717, 1.165) is 104 Å². The monoisotopic (exact) mass is 948 g/mol. The van der Waals surface area contributed by atoms with Crippen molar-refractivity contribution >= 4 is 68.1 Å². The summed E-state index contributed by atoms with van der Waals surface area (Å²) < 4.78 is 92.4. The predicted octanol–water partition coefficient (Wildman–Crippen LogP) is 18.8. The summed E-state index contributed by atoms with van der Waals surface area (Å²) >= 11 is 7.63. The topological polar surface area (TPSA) is 25.8 Å². The number of rotatable bonds is 16. The molecule has 0 atom stereocenters. The van der Waals surface area contributed by atoms with Crippen molar-refractivity contribution < 1.29 is 26.3 Å². The largest absolute Gasteiger partial charge is 0.416 e. The van der Waals surface area contributed by atoms with E-state index >= 15 is 0 Å². The van der Waals surface area contributed by atoms with Gasteiger partial charge in [0.05, 0.1) is 22.9 Å². The average Bonchev–Trinajstić information content (AvgIpc) is 4.10. The fourth-order valence-corrected chi connectivity index (χ4v) is 13.4. The standard InChI is InChI=1S/C50H46F6N2S5/c1-5-7-9-11-13-31-26-43(61-47(31)41-19-17-39(59-41)33-22-29(3)21-30(4)23-33)37-15-16-38(46-45(37)57-63-58-46)44-27-32(14-12-10-8-6-2)48(62-44)42-20-18-40(60-42)34-24-35(49(51,52)53)28-36(25-34)50(54,55)56/h15-28H,5-14H2,1-4H3. The minimum Gasteiger partial charge on any atom is -0.172 e. The summed E-state index contributed by atoms with van der Waals surface area (Å²) in [5.41, 5.74) is 7.09. The van der Waals surface area contributed by atoms with E-state index in [2.05, 4.69) is 82.3 Å². The molecule has 0 aliphatic carbocycles. The first-order valence-electron chi connectivity index (χ1n) is 21.3. The molecule has 8 aromatic rings. The first-order valence-corrected chi connectivity index (χ1v) is 25.3. The fraction of sp³-hybridized carbons (Fsp3) is 0.320. The van der Waals surface area contributed by atoms with Gasteiger partial charge in [-0.15, -0.1) is 45.3 Å². The molecule has 2 nitrogen and oxygen atoms in total. The molecule has 0 saturated heterocycles. The third-order valence-electron chi connectivity index (χ3n) is 11.2. The number of benzene rings is 3. The van der Waals surface area contributed by atoms with Crippen molar-refractivity contribution in [2.75, 3.05) is 0 Å². The lowest BCUT2D eigenvalue weighted by Gasteiger charge is -2.13. The number of thiophene rings is 4. The van der Waals surface area contributed by atoms with Gasteiger partial charge in [0.15, 0.2) is 0 Å². The first-order chi connectivity index (χ1) is 30.2. The van der Waals surface area contributed by atoms with Crippen LogP contribution in [0.5, 0.6) is 0 Å². The second-order valence-corrected chi connectivity index (χ2v) is 21.0. The van der Waals surface area contributed by atoms with Crippen LogP contribution >= 0.6 is 57.1 Å². The zero-order valence-electron chi connectivity index (χ0n) is 35.4. The van der Waals surface area contributed by atoms with E-state index in [1.807, 2.05) is 28.7 Å². The van der Waals surface area contributed by atoms with Crippen molar-refractivity contribution in [1.82, 2.24) is 8.75 Å². The van der Waals surface area contributed by atoms with Gasteiger partial charge in [-0.1, -0.05) is 93.8 Å². The summed E-state index contributed by atoms with van der Waals surface area (Å²) in [6.07, 6.45) is 0.859. The van der Waals surface area contributed by atoms with Crippen LogP contribution in [0.2, 0.25) is 0 Å². The van der Waals surface area contributed by atoms with E-state index in [4.69, 9.17) is 8.75 Å². The van der Waals surface area contributed by atoms with Gasteiger partial charge >= 0.3 is 12.4 Å². The predicted molar refractivity (Wildman–Crippen MR) is 257 cm³/mol. The maximum absolute atomic E-state index is 13.8. The summed E-state index contributed by atoms with van der Waals surface area (Å²) in [6, 6.07) is 25.3. The zero-order chi connectivity index (χ0) is 44.5. The van der Waals surface area contributed by atoms with Crippen molar-refractivity contribution in [3.63, 3.8) is 0 Å². The molecule has 0 unspecified atom stereocenters. The molecule has 8 rings (SSSR count). The first kappa shape index (κ1) is 45.4. The van der Waals surface area contributed by atoms with Crippen LogP contribution in [0, 0.1) is 13.8 Å². The quantitative estimate of drug-likeness (QED) is 0.0712. The van der Waals surface area contributed by atoms with Gasteiger partial charge in [0.25, 0.3) is 0 Å². The van der Waals surface area contributed by atoms with Crippen molar-refractivity contribution in [3.8, 4) is 61.3 Å². The van der Waals surface area contributed by atoms with Crippen LogP contribution < -0.4 is 0 Å². The van der Waals surface area contributed by atoms with Crippen LogP contribution in [0.4, 0.5) is 26.3 Å². The Labute approximate surface area is 384 Å². The summed E-state index contributed by atoms with van der Waals surface area (Å²) in [6.45, 7) is 8.68. The molecule has 0 saturated carbocycles. The molecular formula is C50H46F6N2S5. The molecule has 0 radical (unpaired) electrons. The molecule has 5 aromatic heterocycles. The Bertz CT molecular complexity index is 2800. The highest BCUT2D eigenvalue weighted by molar-refractivity contribution is 7.26. The molecule has 0 fully saturated rings. The van der Waals surface area contributed by atoms with Crippen molar-refractivity contribution in [2.24, 2.45) is 0 Å². The number of alkyl halides is 6. The Morgan fingerprint density at radius 1 is 0.444 bits per heavy atom. The number of fused-ring (bicyclic) bond motifs is 1. The molecular weight excluding hydrogens is 903 g/mol. The molecule has 3 aromatic carbocycles. The summed E-state index contributed by atoms with van der Waals surface area (Å²) in [5, 5.41) is 0. The molecule has 0 N–H and O–H groups in total. The SMILES string of the molecule is CCCCCCc1cc(-c2ccc(-c3cc(CCCCCC)c(-c4ccc(-c5cc(C(F)(F)F)cc(C(F)(F)F)c5)s4)s3)c3nsnc23)sc1-c1ccc(-c2cc(C)cc(C)c2)s1. The van der Waals surface area contributed by atoms with Crippen molar-refractivity contribution in [3.05, 3.63) is 118 Å². The van der Waals surface area contributed by atoms with E-state index in [9.17, 15) is 26.3 Å². The Morgan fingerprint density at radius 3 is 1.30 bits per heavy atom. The molecule has 0 aliphatic rings. The average molecular weight is 949 g/mol. The third kappa shape index (κ3) is 10.2. The Hall–Kier alpha value is -4.14. The number of hydrogen-bond donors (Lipinski definition) is 0. The van der Waals surface area contributed by atoms with Gasteiger partial charge in [0, 0.05) is 50.1 Å². The van der Waals surface area contributed by atoms with Gasteiger partial charge < -0.3 is 0 Å². The molecule has 63 heavy (non-hydrogen) atoms. The number of unbranched alkanes of at least 4 members (excludes halogenated alkanes) is 6. The summed E-state index contributed by atoms with van der Waals surface area (Å²) in [7, 11) is 0. The molecule has 0 amide bonds. The minimum atomic E-state index is -4.92. The van der Waals surface area contributed by atoms with Crippen LogP contribution in [-0.2, 0) is 25.2 Å². The molecule has 13 heteroatoms. The smallest absolute Gasteiger partial charge is 0.172 e. The van der Waals surface area contributed by atoms with E-state index in [1.54, 1.807) is 17.4 Å². The number of aryl methyl sites for hydroxylation is 4. The fourth-order valence-electron chi connectivity index (χ4n) is 8.10. The van der Waals surface area contributed by atoms with Gasteiger partial charge in [0.2, 0.25) is 0 Å². The van der Waals surface area contributed by atoms with Crippen LogP contribution in [0.3, 0.4) is 0 Å². The summed E-state index contributed by atoms with van der Waals surface area (Å²) in [4.78, 5) is 8.07. The minimum absolute atomic E-state index is 0.109. The number of nitrogens with zero attached hydrogens (tertiary/aromatic N) is 2. The van der Waals surface area contributed by atoms with Gasteiger partial charge in [-0.2, -0.15) is 35.1 Å². The normalized spacial score (nSPS) is 12.3. The number of hydrogen-bond acceptors (Lipinski definition) is 7. The van der Waals surface area contributed by atoms with Crippen LogP contribution in [0.25, 0.3) is 72.3 Å². The van der Waals surface area contributed by atoms with Crippen LogP contribution in [0.15, 0.2) is 84.9 Å². The maximum atomic E-state index is 13.8. The number of halogens is 6. The lowest BCUT2D eigenvalue weighted by atomic mass is 10.0. The Kier molecular flexibility index (Phi) is 13.8. The highest BCUT2D eigenvalue weighted by atomic mass is 32.1. The second-order valence-electron chi connectivity index (χ2n) is 16.2. The van der Waals surface area contributed by atoms with Crippen LogP contribution in [0.1, 0.15) is 98.6 Å². The molecule has 5 heterocycles. The Morgan fingerprint density at radius 2 is 0.873 bits per heavy atom. The maximum Gasteiger partial charge on any atom is 0.416 e. The van der Waals surface area contributed by atoms with E-state index in [0.29, 0.717) is 4.88 Å². The van der Waals surface area contributed by atoms with Crippen molar-refractivity contribution in [2.45, 2.75) is 104 Å². The lowest BCUT2D eigenvalue weighted by Crippen LogP contribution is -2.10. The second kappa shape index (κ2) is 19.1. The van der Waals surface area contributed by atoms with E-state index in [-0.39, 0.29) is 11.6 Å². The van der Waals surface area contributed by atoms with Gasteiger partial charge in [-0.05, 0) is 116 Å². The van der Waals surface area contributed by atoms with E-state index in [1.165, 1.54) is 79.2 Å². The Balaban J connectivity index is 1.16. The van der Waals surface area contributed by atoms with Gasteiger partial charge in [-0.25, -0.2) is 0 Å². The highest BCUT2D eigenvalue weighted by Gasteiger charge is 2.37. The molecule has 328 valence electrons. The van der Waals surface area contributed by atoms with Crippen molar-refractivity contribution in [1.29, 1.82) is 0 Å². The summed E-state index contributed by atoms with van der Waals surface area (Å²) in [5.74, 6) is 0. The molecule has 0 spiro atoms. The van der Waals surface area contributed by atoms with E-state index < -0.39 is 23.5 Å². The van der Waals surface area contributed by atoms with Gasteiger partial charge in [-0.3, -0.25) is 0 Å². The highest BCUT2D eigenvalue weighted by Crippen LogP contribution is 2.49. The third-order valence-corrected chi connectivity index (χ3v) is 16.8. The zero-order valence-corrected chi connectivity index (χ0v) is 39.4. The molecule has 0 bridgehead atoms. The lowest BCUT2D eigenvalue weighted by molar-refractivity contribution is -0.143. The number of aromatic nitrogens is 2. The van der Waals surface area contributed by atoms with Gasteiger partial charge in [0.1, 0.15) is 11.0 Å².